The van der Waals surface area contributed by atoms with Crippen LogP contribution in [0.1, 0.15) is 70.7 Å². The Kier molecular flexibility index (Phi) is 10.5. The van der Waals surface area contributed by atoms with E-state index in [2.05, 4.69) is 10.6 Å². The second-order valence-corrected chi connectivity index (χ2v) is 12.2. The Morgan fingerprint density at radius 3 is 2.12 bits per heavy atom. The van der Waals surface area contributed by atoms with E-state index in [4.69, 9.17) is 4.74 Å². The number of phenolic OH excluding ortho intramolecular Hbond substituents is 2. The van der Waals surface area contributed by atoms with E-state index >= 15 is 0 Å². The zero-order valence-electron chi connectivity index (χ0n) is 26.0. The van der Waals surface area contributed by atoms with Crippen LogP contribution in [-0.2, 0) is 20.7 Å². The number of rotatable bonds is 10. The smallest absolute Gasteiger partial charge is 0.408 e. The van der Waals surface area contributed by atoms with Crippen molar-refractivity contribution in [1.29, 1.82) is 0 Å². The van der Waals surface area contributed by atoms with E-state index in [1.165, 1.54) is 29.2 Å². The maximum Gasteiger partial charge on any atom is 0.408 e. The van der Waals surface area contributed by atoms with Crippen molar-refractivity contribution in [3.63, 3.8) is 0 Å². The Labute approximate surface area is 253 Å². The van der Waals surface area contributed by atoms with Gasteiger partial charge in [0.1, 0.15) is 29.2 Å². The summed E-state index contributed by atoms with van der Waals surface area (Å²) in [7, 11) is 0. The molecule has 0 aliphatic heterocycles. The fourth-order valence-corrected chi connectivity index (χ4v) is 4.66. The highest BCUT2D eigenvalue weighted by Gasteiger charge is 2.43. The first-order valence-corrected chi connectivity index (χ1v) is 14.4. The van der Waals surface area contributed by atoms with Crippen LogP contribution in [0.15, 0.2) is 72.8 Å². The van der Waals surface area contributed by atoms with Gasteiger partial charge < -0.3 is 30.5 Å². The monoisotopic (exact) mass is 589 g/mol. The second-order valence-electron chi connectivity index (χ2n) is 12.2. The maximum absolute atomic E-state index is 14.7. The van der Waals surface area contributed by atoms with Gasteiger partial charge in [-0.3, -0.25) is 9.59 Å². The van der Waals surface area contributed by atoms with Crippen LogP contribution in [0.25, 0.3) is 0 Å². The Hall–Kier alpha value is -4.53. The normalized spacial score (nSPS) is 13.0. The summed E-state index contributed by atoms with van der Waals surface area (Å²) in [5.74, 6) is -0.979. The number of carbonyl (C=O) groups excluding carboxylic acids is 3. The van der Waals surface area contributed by atoms with Gasteiger partial charge in [-0.1, -0.05) is 49.4 Å². The van der Waals surface area contributed by atoms with Crippen LogP contribution < -0.4 is 10.6 Å². The van der Waals surface area contributed by atoms with E-state index in [0.717, 1.165) is 5.56 Å². The number of carbonyl (C=O) groups is 3. The Morgan fingerprint density at radius 1 is 0.884 bits per heavy atom. The molecule has 0 fully saturated rings. The molecule has 3 rings (SSSR count). The van der Waals surface area contributed by atoms with Gasteiger partial charge >= 0.3 is 6.09 Å². The molecule has 4 N–H and O–H groups in total. The van der Waals surface area contributed by atoms with Gasteiger partial charge in [0.05, 0.1) is 0 Å². The van der Waals surface area contributed by atoms with Gasteiger partial charge in [0, 0.05) is 17.6 Å². The summed E-state index contributed by atoms with van der Waals surface area (Å²) in [6.45, 7) is 12.7. The number of anilines is 1. The van der Waals surface area contributed by atoms with Crippen molar-refractivity contribution in [2.24, 2.45) is 0 Å². The van der Waals surface area contributed by atoms with Crippen molar-refractivity contribution in [2.75, 3.05) is 5.32 Å². The van der Waals surface area contributed by atoms with Gasteiger partial charge in [0.2, 0.25) is 5.91 Å². The number of nitrogens with one attached hydrogen (secondary N) is 2. The molecule has 0 bridgehead atoms. The third-order valence-corrected chi connectivity index (χ3v) is 7.22. The first-order valence-electron chi connectivity index (χ1n) is 14.4. The van der Waals surface area contributed by atoms with Gasteiger partial charge in [0.25, 0.3) is 5.91 Å². The number of para-hydroxylation sites is 1. The van der Waals surface area contributed by atoms with E-state index in [-0.39, 0.29) is 17.9 Å². The number of aryl methyl sites for hydroxylation is 1. The number of amides is 3. The largest absolute Gasteiger partial charge is 0.508 e. The molecule has 0 heterocycles. The summed E-state index contributed by atoms with van der Waals surface area (Å²) in [5, 5.41) is 25.9. The third kappa shape index (κ3) is 8.98. The van der Waals surface area contributed by atoms with Crippen LogP contribution in [0, 0.1) is 6.92 Å². The molecule has 2 atom stereocenters. The van der Waals surface area contributed by atoms with Crippen molar-refractivity contribution >= 4 is 23.6 Å². The lowest BCUT2D eigenvalue weighted by atomic mass is 9.91. The lowest BCUT2D eigenvalue weighted by Gasteiger charge is -2.44. The molecule has 3 aromatic rings. The standard InChI is InChI=1S/C34H43N3O6/c1-8-34(6,7)37(29(24-13-11-14-26(39)21-24)30(40)35-27-15-10-9-12-22(27)2)31(41)28(36-32(42)43-33(3,4)5)20-23-16-18-25(38)19-17-23/h9-19,21,28-29,38-39H,8,20H2,1-7H3,(H,35,40)(H,36,42). The Bertz CT molecular complexity index is 1430. The van der Waals surface area contributed by atoms with Gasteiger partial charge in [-0.15, -0.1) is 0 Å². The van der Waals surface area contributed by atoms with Gasteiger partial charge in [-0.2, -0.15) is 0 Å². The zero-order valence-corrected chi connectivity index (χ0v) is 26.0. The summed E-state index contributed by atoms with van der Waals surface area (Å²) >= 11 is 0. The van der Waals surface area contributed by atoms with Gasteiger partial charge in [-0.05, 0) is 95.0 Å². The number of phenols is 2. The number of nitrogens with zero attached hydrogens (tertiary/aromatic N) is 1. The minimum Gasteiger partial charge on any atom is -0.508 e. The van der Waals surface area contributed by atoms with E-state index < -0.39 is 41.1 Å². The first kappa shape index (κ1) is 33.0. The van der Waals surface area contributed by atoms with Crippen molar-refractivity contribution < 1.29 is 29.3 Å². The van der Waals surface area contributed by atoms with E-state index in [1.807, 2.05) is 45.9 Å². The highest BCUT2D eigenvalue weighted by atomic mass is 16.6. The molecular formula is C34H43N3O6. The topological polar surface area (TPSA) is 128 Å². The lowest BCUT2D eigenvalue weighted by Crippen LogP contribution is -2.59. The second kappa shape index (κ2) is 13.6. The van der Waals surface area contributed by atoms with Crippen LogP contribution in [-0.4, -0.2) is 50.2 Å². The summed E-state index contributed by atoms with van der Waals surface area (Å²) in [4.78, 5) is 43.4. The third-order valence-electron chi connectivity index (χ3n) is 7.22. The minimum absolute atomic E-state index is 0.0552. The van der Waals surface area contributed by atoms with Crippen molar-refractivity contribution in [3.05, 3.63) is 89.5 Å². The molecule has 2 unspecified atom stereocenters. The SMILES string of the molecule is CCC(C)(C)N(C(=O)C(Cc1ccc(O)cc1)NC(=O)OC(C)(C)C)C(C(=O)Nc1ccccc1C)c1cccc(O)c1. The van der Waals surface area contributed by atoms with E-state index in [1.54, 1.807) is 51.1 Å². The van der Waals surface area contributed by atoms with Crippen LogP contribution in [0.3, 0.4) is 0 Å². The summed E-state index contributed by atoms with van der Waals surface area (Å²) < 4.78 is 5.49. The maximum atomic E-state index is 14.7. The molecule has 0 aromatic heterocycles. The quantitative estimate of drug-likeness (QED) is 0.222. The molecule has 0 spiro atoms. The predicted molar refractivity (Wildman–Crippen MR) is 167 cm³/mol. The number of hydrogen-bond donors (Lipinski definition) is 4. The van der Waals surface area contributed by atoms with Gasteiger partial charge in [0.15, 0.2) is 0 Å². The molecule has 3 amide bonds. The molecule has 230 valence electrons. The molecule has 43 heavy (non-hydrogen) atoms. The lowest BCUT2D eigenvalue weighted by molar-refractivity contribution is -0.147. The highest BCUT2D eigenvalue weighted by molar-refractivity contribution is 5.99. The molecule has 0 saturated carbocycles. The minimum atomic E-state index is -1.17. The van der Waals surface area contributed by atoms with E-state index in [9.17, 15) is 24.6 Å². The molecule has 0 aliphatic carbocycles. The Balaban J connectivity index is 2.15. The fraction of sp³-hybridized carbons (Fsp3) is 0.382. The summed E-state index contributed by atoms with van der Waals surface area (Å²) in [6, 6.07) is 17.6. The molecule has 0 aliphatic rings. The van der Waals surface area contributed by atoms with Crippen LogP contribution >= 0.6 is 0 Å². The molecule has 9 heteroatoms. The average molecular weight is 590 g/mol. The van der Waals surface area contributed by atoms with Crippen LogP contribution in [0.5, 0.6) is 11.5 Å². The molecule has 3 aromatic carbocycles. The van der Waals surface area contributed by atoms with E-state index in [0.29, 0.717) is 23.2 Å². The Morgan fingerprint density at radius 2 is 1.53 bits per heavy atom. The van der Waals surface area contributed by atoms with Crippen LogP contribution in [0.4, 0.5) is 10.5 Å². The van der Waals surface area contributed by atoms with Crippen molar-refractivity contribution in [2.45, 2.75) is 84.5 Å². The number of ether oxygens (including phenoxy) is 1. The predicted octanol–water partition coefficient (Wildman–Crippen LogP) is 6.24. The summed E-state index contributed by atoms with van der Waals surface area (Å²) in [6.07, 6.45) is -0.234. The number of benzene rings is 3. The van der Waals surface area contributed by atoms with Crippen molar-refractivity contribution in [1.82, 2.24) is 10.2 Å². The average Bonchev–Trinajstić information content (AvgIpc) is 2.92. The molecule has 9 nitrogen and oxygen atoms in total. The molecule has 0 saturated heterocycles. The van der Waals surface area contributed by atoms with Crippen molar-refractivity contribution in [3.8, 4) is 11.5 Å². The molecule has 0 radical (unpaired) electrons. The fourth-order valence-electron chi connectivity index (χ4n) is 4.66. The number of aromatic hydroxyl groups is 2. The van der Waals surface area contributed by atoms with Gasteiger partial charge in [-0.25, -0.2) is 4.79 Å². The van der Waals surface area contributed by atoms with Crippen LogP contribution in [0.2, 0.25) is 0 Å². The first-order chi connectivity index (χ1) is 20.1. The molecular weight excluding hydrogens is 546 g/mol. The summed E-state index contributed by atoms with van der Waals surface area (Å²) in [5.41, 5.74) is 0.832. The highest BCUT2D eigenvalue weighted by Crippen LogP contribution is 2.34. The number of hydrogen-bond acceptors (Lipinski definition) is 6. The number of alkyl carbamates (subject to hydrolysis) is 1. The zero-order chi connectivity index (χ0) is 31.9.